The Bertz CT molecular complexity index is 559. The Morgan fingerprint density at radius 2 is 1.31 bits per heavy atom. The quantitative estimate of drug-likeness (QED) is 0.710. The largest absolute Gasteiger partial charge is 0.489 e. The van der Waals surface area contributed by atoms with E-state index < -0.39 is 0 Å². The van der Waals surface area contributed by atoms with E-state index in [1.807, 2.05) is 12.1 Å². The number of nitrogens with two attached hydrogens (primary N) is 1. The minimum absolute atomic E-state index is 0.0435. The first-order valence-corrected chi connectivity index (χ1v) is 9.16. The predicted octanol–water partition coefficient (Wildman–Crippen LogP) is 3.14. The molecule has 1 heterocycles. The number of nitrogen functional groups attached to an aromatic ring is 1. The lowest BCUT2D eigenvalue weighted by Gasteiger charge is -2.29. The number of benzene rings is 1. The van der Waals surface area contributed by atoms with Gasteiger partial charge in [0.05, 0.1) is 46.2 Å². The maximum absolute atomic E-state index is 6.01. The second-order valence-corrected chi connectivity index (χ2v) is 8.33. The van der Waals surface area contributed by atoms with Crippen molar-refractivity contribution in [3.05, 3.63) is 18.2 Å². The molecule has 0 amide bonds. The summed E-state index contributed by atoms with van der Waals surface area (Å²) < 4.78 is 29.0. The molecule has 2 N–H and O–H groups in total. The molecule has 0 atom stereocenters. The Morgan fingerprint density at radius 1 is 0.692 bits per heavy atom. The van der Waals surface area contributed by atoms with E-state index in [1.165, 1.54) is 0 Å². The Hall–Kier alpha value is -1.50. The van der Waals surface area contributed by atoms with Crippen LogP contribution in [0.1, 0.15) is 27.7 Å². The van der Waals surface area contributed by atoms with Crippen LogP contribution in [0.4, 0.5) is 5.69 Å². The van der Waals surface area contributed by atoms with Crippen LogP contribution in [0.5, 0.6) is 11.5 Å². The summed E-state index contributed by atoms with van der Waals surface area (Å²) in [4.78, 5) is 0. The van der Waals surface area contributed by atoms with Crippen molar-refractivity contribution in [2.24, 2.45) is 10.8 Å². The van der Waals surface area contributed by atoms with Crippen molar-refractivity contribution in [3.8, 4) is 11.5 Å². The Kier molecular flexibility index (Phi) is 7.55. The molecule has 1 aromatic carbocycles. The topological polar surface area (TPSA) is 72.2 Å². The van der Waals surface area contributed by atoms with Crippen molar-refractivity contribution in [3.63, 3.8) is 0 Å². The molecule has 0 aliphatic carbocycles. The summed E-state index contributed by atoms with van der Waals surface area (Å²) in [5.41, 5.74) is 6.33. The highest BCUT2D eigenvalue weighted by Crippen LogP contribution is 2.31. The molecule has 1 aliphatic rings. The Morgan fingerprint density at radius 3 is 2.08 bits per heavy atom. The Balaban J connectivity index is 2.04. The van der Waals surface area contributed by atoms with Crippen molar-refractivity contribution >= 4 is 5.69 Å². The molecule has 0 saturated heterocycles. The summed E-state index contributed by atoms with van der Waals surface area (Å²) >= 11 is 0. The van der Waals surface area contributed by atoms with E-state index in [0.29, 0.717) is 70.0 Å². The molecular weight excluding hydrogens is 334 g/mol. The van der Waals surface area contributed by atoms with Gasteiger partial charge < -0.3 is 29.4 Å². The van der Waals surface area contributed by atoms with Gasteiger partial charge in [-0.05, 0) is 12.1 Å². The van der Waals surface area contributed by atoms with Gasteiger partial charge in [0.25, 0.3) is 0 Å². The summed E-state index contributed by atoms with van der Waals surface area (Å²) in [5, 5.41) is 0. The van der Waals surface area contributed by atoms with Crippen molar-refractivity contribution in [2.45, 2.75) is 27.7 Å². The molecule has 0 saturated carbocycles. The normalized spacial score (nSPS) is 22.3. The fraction of sp³-hybridized carbons (Fsp3) is 0.700. The number of hydrogen-bond donors (Lipinski definition) is 1. The first-order chi connectivity index (χ1) is 12.3. The molecule has 1 aliphatic heterocycles. The lowest BCUT2D eigenvalue weighted by molar-refractivity contribution is -0.0420. The molecule has 148 valence electrons. The van der Waals surface area contributed by atoms with Crippen molar-refractivity contribution in [1.29, 1.82) is 0 Å². The molecule has 6 heteroatoms. The second-order valence-electron chi connectivity index (χ2n) is 8.33. The van der Waals surface area contributed by atoms with E-state index in [2.05, 4.69) is 27.7 Å². The number of ether oxygens (including phenoxy) is 5. The molecule has 0 spiro atoms. The molecule has 0 bridgehead atoms. The van der Waals surface area contributed by atoms with Crippen LogP contribution in [0.15, 0.2) is 18.2 Å². The van der Waals surface area contributed by atoms with Crippen LogP contribution in [0.2, 0.25) is 0 Å². The number of anilines is 1. The fourth-order valence-electron chi connectivity index (χ4n) is 2.50. The van der Waals surface area contributed by atoms with Gasteiger partial charge in [-0.1, -0.05) is 27.7 Å². The highest BCUT2D eigenvalue weighted by molar-refractivity contribution is 5.52. The maximum Gasteiger partial charge on any atom is 0.163 e. The molecule has 2 rings (SSSR count). The maximum atomic E-state index is 6.01. The molecule has 0 aromatic heterocycles. The lowest BCUT2D eigenvalue weighted by atomic mass is 9.94. The summed E-state index contributed by atoms with van der Waals surface area (Å²) in [6, 6.07) is 5.43. The van der Waals surface area contributed by atoms with Gasteiger partial charge in [0.1, 0.15) is 6.61 Å². The van der Waals surface area contributed by atoms with Gasteiger partial charge in [-0.25, -0.2) is 0 Å². The summed E-state index contributed by atoms with van der Waals surface area (Å²) in [6.45, 7) is 12.9. The van der Waals surface area contributed by atoms with Crippen LogP contribution in [0, 0.1) is 10.8 Å². The molecule has 26 heavy (non-hydrogen) atoms. The van der Waals surface area contributed by atoms with Gasteiger partial charge in [0.15, 0.2) is 11.5 Å². The molecule has 1 aromatic rings. The number of hydrogen-bond acceptors (Lipinski definition) is 6. The van der Waals surface area contributed by atoms with Crippen LogP contribution in [0.25, 0.3) is 0 Å². The lowest BCUT2D eigenvalue weighted by Crippen LogP contribution is -2.32. The molecule has 0 unspecified atom stereocenters. The van der Waals surface area contributed by atoms with Crippen molar-refractivity contribution in [1.82, 2.24) is 0 Å². The molecular formula is C20H33NO5. The molecule has 0 fully saturated rings. The summed E-state index contributed by atoms with van der Waals surface area (Å²) in [7, 11) is 0. The average molecular weight is 367 g/mol. The highest BCUT2D eigenvalue weighted by atomic mass is 16.6. The first-order valence-electron chi connectivity index (χ1n) is 9.16. The van der Waals surface area contributed by atoms with Crippen LogP contribution in [0.3, 0.4) is 0 Å². The van der Waals surface area contributed by atoms with Crippen molar-refractivity contribution < 1.29 is 23.7 Å². The monoisotopic (exact) mass is 367 g/mol. The van der Waals surface area contributed by atoms with E-state index in [1.54, 1.807) is 6.07 Å². The van der Waals surface area contributed by atoms with Gasteiger partial charge in [-0.3, -0.25) is 0 Å². The van der Waals surface area contributed by atoms with Gasteiger partial charge in [-0.15, -0.1) is 0 Å². The summed E-state index contributed by atoms with van der Waals surface area (Å²) in [5.74, 6) is 1.31. The Labute approximate surface area is 156 Å². The molecule has 6 nitrogen and oxygen atoms in total. The number of rotatable bonds is 0. The van der Waals surface area contributed by atoms with Gasteiger partial charge in [0.2, 0.25) is 0 Å². The van der Waals surface area contributed by atoms with E-state index in [4.69, 9.17) is 29.4 Å². The van der Waals surface area contributed by atoms with E-state index in [9.17, 15) is 0 Å². The third-order valence-electron chi connectivity index (χ3n) is 3.92. The number of fused-ring (bicyclic) bond motifs is 1. The fourth-order valence-corrected chi connectivity index (χ4v) is 2.50. The smallest absolute Gasteiger partial charge is 0.163 e. The minimum Gasteiger partial charge on any atom is -0.489 e. The average Bonchev–Trinajstić information content (AvgIpc) is 2.55. The third kappa shape index (κ3) is 7.40. The van der Waals surface area contributed by atoms with E-state index >= 15 is 0 Å². The second kappa shape index (κ2) is 9.44. The van der Waals surface area contributed by atoms with Crippen LogP contribution in [-0.2, 0) is 14.2 Å². The van der Waals surface area contributed by atoms with Crippen LogP contribution in [-0.4, -0.2) is 52.9 Å². The minimum atomic E-state index is -0.132. The zero-order valence-electron chi connectivity index (χ0n) is 16.5. The first kappa shape index (κ1) is 20.8. The third-order valence-corrected chi connectivity index (χ3v) is 3.92. The van der Waals surface area contributed by atoms with Gasteiger partial charge in [-0.2, -0.15) is 0 Å². The van der Waals surface area contributed by atoms with Crippen LogP contribution < -0.4 is 15.2 Å². The zero-order valence-corrected chi connectivity index (χ0v) is 16.5. The van der Waals surface area contributed by atoms with E-state index in [-0.39, 0.29) is 10.8 Å². The standard InChI is InChI=1S/C20H33NO5/c1-19(2)12-23-8-7-22-9-10-25-18-11-16(21)5-6-17(18)26-15-20(3,4)14-24-13-19/h5-6,11H,7-10,12-15,21H2,1-4H3. The van der Waals surface area contributed by atoms with Crippen LogP contribution >= 0.6 is 0 Å². The molecule has 0 radical (unpaired) electrons. The van der Waals surface area contributed by atoms with Crippen molar-refractivity contribution in [2.75, 3.05) is 58.6 Å². The van der Waals surface area contributed by atoms with Gasteiger partial charge >= 0.3 is 0 Å². The predicted molar refractivity (Wildman–Crippen MR) is 102 cm³/mol. The SMILES string of the molecule is CC1(C)COCCOCCOc2cc(N)ccc2OCC(C)(C)COC1. The zero-order chi connectivity index (χ0) is 19.0. The van der Waals surface area contributed by atoms with Gasteiger partial charge in [0, 0.05) is 22.6 Å². The summed E-state index contributed by atoms with van der Waals surface area (Å²) in [6.07, 6.45) is 0. The van der Waals surface area contributed by atoms with E-state index in [0.717, 1.165) is 0 Å². The highest BCUT2D eigenvalue weighted by Gasteiger charge is 2.24.